The molecule has 198 valence electrons. The van der Waals surface area contributed by atoms with Crippen molar-refractivity contribution in [2.45, 2.75) is 39.5 Å². The lowest BCUT2D eigenvalue weighted by molar-refractivity contribution is -0.115. The Morgan fingerprint density at radius 1 is 1.00 bits per heavy atom. The van der Waals surface area contributed by atoms with Crippen LogP contribution in [0, 0.1) is 0 Å². The first kappa shape index (κ1) is 29.8. The summed E-state index contributed by atoms with van der Waals surface area (Å²) in [4.78, 5) is 24.6. The molecule has 5 nitrogen and oxygen atoms in total. The summed E-state index contributed by atoms with van der Waals surface area (Å²) in [6, 6.07) is 14.5. The molecule has 2 rings (SSSR count). The predicted molar refractivity (Wildman–Crippen MR) is 157 cm³/mol. The third-order valence-corrected chi connectivity index (χ3v) is 5.50. The minimum Gasteiger partial charge on any atom is -0.494 e. The highest BCUT2D eigenvalue weighted by atomic mass is 16.5. The first-order chi connectivity index (χ1) is 18.4. The minimum atomic E-state index is -1.11. The summed E-state index contributed by atoms with van der Waals surface area (Å²) >= 11 is 0. The number of hydrogen-bond donors (Lipinski definition) is 2. The highest BCUT2D eigenvalue weighted by molar-refractivity contribution is 6.01. The van der Waals surface area contributed by atoms with Crippen LogP contribution in [0.2, 0.25) is 0 Å². The number of allylic oxidation sites excluding steroid dienone is 8. The first-order valence-corrected chi connectivity index (χ1v) is 12.8. The monoisotopic (exact) mass is 511 g/mol. The molecule has 2 aromatic rings. The SMILES string of the molecule is C=C/C=C(\C=C/CC)C(/C=C\CC(=O)Nc1cc(-c2ccccc2)ccc1C(=O)O)=C/C(=C)OCCCC. The van der Waals surface area contributed by atoms with E-state index in [-0.39, 0.29) is 23.6 Å². The fourth-order valence-electron chi connectivity index (χ4n) is 3.55. The molecule has 0 aromatic heterocycles. The van der Waals surface area contributed by atoms with Crippen LogP contribution in [0.25, 0.3) is 11.1 Å². The van der Waals surface area contributed by atoms with E-state index in [1.165, 1.54) is 6.07 Å². The number of carbonyl (C=O) groups is 2. The van der Waals surface area contributed by atoms with Crippen molar-refractivity contribution in [1.29, 1.82) is 0 Å². The van der Waals surface area contributed by atoms with Crippen LogP contribution in [-0.2, 0) is 9.53 Å². The summed E-state index contributed by atoms with van der Waals surface area (Å²) in [5, 5.41) is 12.4. The van der Waals surface area contributed by atoms with Crippen molar-refractivity contribution in [3.63, 3.8) is 0 Å². The number of carboxylic acid groups (broad SMARTS) is 1. The Labute approximate surface area is 226 Å². The van der Waals surface area contributed by atoms with Gasteiger partial charge in [-0.15, -0.1) is 0 Å². The van der Waals surface area contributed by atoms with Crippen LogP contribution in [0.1, 0.15) is 49.9 Å². The molecule has 0 aliphatic heterocycles. The van der Waals surface area contributed by atoms with Crippen LogP contribution in [0.5, 0.6) is 0 Å². The Hall–Kier alpha value is -4.38. The largest absolute Gasteiger partial charge is 0.494 e. The average Bonchev–Trinajstić information content (AvgIpc) is 2.91. The fraction of sp³-hybridized carbons (Fsp3) is 0.212. The van der Waals surface area contributed by atoms with Gasteiger partial charge in [0.2, 0.25) is 5.91 Å². The smallest absolute Gasteiger partial charge is 0.337 e. The molecule has 1 amide bonds. The lowest BCUT2D eigenvalue weighted by Crippen LogP contribution is -2.13. The average molecular weight is 512 g/mol. The lowest BCUT2D eigenvalue weighted by atomic mass is 10.0. The maximum absolute atomic E-state index is 12.8. The van der Waals surface area contributed by atoms with Gasteiger partial charge in [-0.25, -0.2) is 4.79 Å². The molecule has 0 atom stereocenters. The number of carbonyl (C=O) groups excluding carboxylic acids is 1. The summed E-state index contributed by atoms with van der Waals surface area (Å²) in [7, 11) is 0. The van der Waals surface area contributed by atoms with Gasteiger partial charge in [-0.1, -0.05) is 106 Å². The van der Waals surface area contributed by atoms with Crippen molar-refractivity contribution in [2.75, 3.05) is 11.9 Å². The molecule has 0 saturated carbocycles. The van der Waals surface area contributed by atoms with Crippen molar-refractivity contribution in [3.8, 4) is 11.1 Å². The van der Waals surface area contributed by atoms with Gasteiger partial charge in [-0.05, 0) is 53.3 Å². The number of unbranched alkanes of at least 4 members (excludes halogenated alkanes) is 1. The van der Waals surface area contributed by atoms with Crippen LogP contribution in [-0.4, -0.2) is 23.6 Å². The number of ether oxygens (including phenoxy) is 1. The summed E-state index contributed by atoms with van der Waals surface area (Å²) in [6.45, 7) is 12.5. The van der Waals surface area contributed by atoms with Crippen LogP contribution >= 0.6 is 0 Å². The molecule has 0 heterocycles. The number of rotatable bonds is 15. The third kappa shape index (κ3) is 9.94. The Morgan fingerprint density at radius 3 is 2.39 bits per heavy atom. The molecule has 0 bridgehead atoms. The Balaban J connectivity index is 2.25. The van der Waals surface area contributed by atoms with E-state index in [2.05, 4.69) is 32.3 Å². The molecule has 0 spiro atoms. The van der Waals surface area contributed by atoms with Gasteiger partial charge in [0.15, 0.2) is 0 Å². The summed E-state index contributed by atoms with van der Waals surface area (Å²) < 4.78 is 5.72. The number of benzene rings is 2. The Bertz CT molecular complexity index is 1230. The zero-order chi connectivity index (χ0) is 27.8. The van der Waals surface area contributed by atoms with Gasteiger partial charge in [-0.3, -0.25) is 4.79 Å². The van der Waals surface area contributed by atoms with E-state index in [0.717, 1.165) is 41.5 Å². The molecule has 0 unspecified atom stereocenters. The molecule has 0 aliphatic carbocycles. The quantitative estimate of drug-likeness (QED) is 0.143. The number of aromatic carboxylic acids is 1. The van der Waals surface area contributed by atoms with E-state index in [4.69, 9.17) is 4.74 Å². The number of hydrogen-bond acceptors (Lipinski definition) is 3. The topological polar surface area (TPSA) is 75.6 Å². The molecule has 0 aliphatic rings. The number of nitrogens with one attached hydrogen (secondary N) is 1. The van der Waals surface area contributed by atoms with Gasteiger partial charge in [-0.2, -0.15) is 0 Å². The molecule has 5 heteroatoms. The number of anilines is 1. The van der Waals surface area contributed by atoms with Crippen LogP contribution in [0.4, 0.5) is 5.69 Å². The van der Waals surface area contributed by atoms with E-state index in [9.17, 15) is 14.7 Å². The fourth-order valence-corrected chi connectivity index (χ4v) is 3.55. The van der Waals surface area contributed by atoms with E-state index < -0.39 is 5.97 Å². The van der Waals surface area contributed by atoms with Crippen LogP contribution < -0.4 is 5.32 Å². The number of carboxylic acids is 1. The molecular weight excluding hydrogens is 474 g/mol. The van der Waals surface area contributed by atoms with Crippen molar-refractivity contribution < 1.29 is 19.4 Å². The second-order valence-electron chi connectivity index (χ2n) is 8.52. The Morgan fingerprint density at radius 2 is 1.74 bits per heavy atom. The van der Waals surface area contributed by atoms with E-state index in [0.29, 0.717) is 12.4 Å². The molecule has 38 heavy (non-hydrogen) atoms. The highest BCUT2D eigenvalue weighted by Crippen LogP contribution is 2.26. The van der Waals surface area contributed by atoms with E-state index in [1.807, 2.05) is 60.7 Å². The zero-order valence-electron chi connectivity index (χ0n) is 22.3. The van der Waals surface area contributed by atoms with E-state index >= 15 is 0 Å². The highest BCUT2D eigenvalue weighted by Gasteiger charge is 2.13. The maximum atomic E-state index is 12.8. The molecule has 0 fully saturated rings. The zero-order valence-corrected chi connectivity index (χ0v) is 22.3. The van der Waals surface area contributed by atoms with Crippen molar-refractivity contribution in [2.24, 2.45) is 0 Å². The van der Waals surface area contributed by atoms with Gasteiger partial charge in [0, 0.05) is 6.42 Å². The predicted octanol–water partition coefficient (Wildman–Crippen LogP) is 8.27. The lowest BCUT2D eigenvalue weighted by Gasteiger charge is -2.11. The normalized spacial score (nSPS) is 12.1. The van der Waals surface area contributed by atoms with Crippen molar-refractivity contribution in [3.05, 3.63) is 127 Å². The molecular formula is C33H37NO4. The van der Waals surface area contributed by atoms with Crippen LogP contribution in [0.15, 0.2) is 121 Å². The molecule has 0 saturated heterocycles. The van der Waals surface area contributed by atoms with Crippen LogP contribution in [0.3, 0.4) is 0 Å². The van der Waals surface area contributed by atoms with Gasteiger partial charge in [0.05, 0.1) is 17.9 Å². The first-order valence-electron chi connectivity index (χ1n) is 12.8. The maximum Gasteiger partial charge on any atom is 0.337 e. The van der Waals surface area contributed by atoms with Crippen molar-refractivity contribution in [1.82, 2.24) is 0 Å². The minimum absolute atomic E-state index is 0.0315. The summed E-state index contributed by atoms with van der Waals surface area (Å²) in [6.07, 6.45) is 15.9. The van der Waals surface area contributed by atoms with Gasteiger partial charge in [0.1, 0.15) is 5.76 Å². The van der Waals surface area contributed by atoms with Gasteiger partial charge < -0.3 is 15.2 Å². The Kier molecular flexibility index (Phi) is 12.9. The number of amides is 1. The molecule has 0 radical (unpaired) electrons. The third-order valence-electron chi connectivity index (χ3n) is 5.50. The molecule has 2 aromatic carbocycles. The summed E-state index contributed by atoms with van der Waals surface area (Å²) in [5.74, 6) is -0.903. The second-order valence-corrected chi connectivity index (χ2v) is 8.52. The standard InChI is InChI=1S/C33H37NO4/c1-5-8-15-26(14-7-3)28(23-25(4)38-22-9-6-2)18-13-19-32(35)34-31-24-29(20-21-30(31)33(36)37)27-16-11-10-12-17-27/h7-8,10-18,20-21,23-24H,3-6,9,19,22H2,1-2H3,(H,34,35)(H,36,37)/b15-8-,18-13-,26-14+,28-23+. The van der Waals surface area contributed by atoms with Crippen molar-refractivity contribution >= 4 is 17.6 Å². The molecule has 2 N–H and O–H groups in total. The summed E-state index contributed by atoms with van der Waals surface area (Å²) in [5.41, 5.74) is 3.75. The second kappa shape index (κ2) is 16.4. The van der Waals surface area contributed by atoms with E-state index in [1.54, 1.807) is 24.3 Å². The van der Waals surface area contributed by atoms with Gasteiger partial charge in [0.25, 0.3) is 0 Å². The van der Waals surface area contributed by atoms with Gasteiger partial charge >= 0.3 is 5.97 Å².